The number of allylic oxidation sites excluding steroid dienone is 5. The van der Waals surface area contributed by atoms with Gasteiger partial charge in [-0.15, -0.1) is 19.7 Å². The van der Waals surface area contributed by atoms with Crippen LogP contribution in [0.4, 0.5) is 0 Å². The maximum Gasteiger partial charge on any atom is 0.0654 e. The smallest absolute Gasteiger partial charge is 0.0654 e. The van der Waals surface area contributed by atoms with Crippen LogP contribution in [0.3, 0.4) is 0 Å². The molecule has 0 aromatic carbocycles. The molecule has 0 fully saturated rings. The maximum absolute atomic E-state index is 3.71. The van der Waals surface area contributed by atoms with E-state index in [2.05, 4.69) is 30.0 Å². The minimum absolute atomic E-state index is 0.883. The lowest BCUT2D eigenvalue weighted by Gasteiger charge is -2.05. The van der Waals surface area contributed by atoms with Crippen LogP contribution in [-0.2, 0) is 0 Å². The van der Waals surface area contributed by atoms with Gasteiger partial charge in [-0.05, 0) is 19.3 Å². The maximum atomic E-state index is 3.71. The predicted molar refractivity (Wildman–Crippen MR) is 57.2 cm³/mol. The highest BCUT2D eigenvalue weighted by Gasteiger charge is 1.96. The van der Waals surface area contributed by atoms with Crippen LogP contribution >= 0.6 is 0 Å². The topological polar surface area (TPSA) is 0 Å². The van der Waals surface area contributed by atoms with Crippen molar-refractivity contribution in [3.63, 3.8) is 0 Å². The third-order valence-electron chi connectivity index (χ3n) is 1.56. The fourth-order valence-electron chi connectivity index (χ4n) is 0.967. The van der Waals surface area contributed by atoms with Crippen molar-refractivity contribution in [1.29, 1.82) is 0 Å². The Balaban J connectivity index is 4.39. The van der Waals surface area contributed by atoms with E-state index in [1.54, 1.807) is 0 Å². The Hall–Kier alpha value is -0.823. The van der Waals surface area contributed by atoms with Crippen molar-refractivity contribution < 1.29 is 0 Å². The Morgan fingerprint density at radius 1 is 0.917 bits per heavy atom. The van der Waals surface area contributed by atoms with Gasteiger partial charge in [0, 0.05) is 0 Å². The van der Waals surface area contributed by atoms with Gasteiger partial charge in [-0.3, -0.25) is 0 Å². The molecule has 63 valence electrons. The van der Waals surface area contributed by atoms with E-state index in [-0.39, 0.29) is 0 Å². The zero-order valence-corrected chi connectivity index (χ0v) is 8.47. The van der Waals surface area contributed by atoms with Crippen molar-refractivity contribution in [2.75, 3.05) is 0 Å². The molecule has 0 N–H and O–H groups in total. The molecule has 0 unspecified atom stereocenters. The molecule has 0 rings (SSSR count). The Labute approximate surface area is 78.8 Å². The molecule has 0 aromatic rings. The summed E-state index contributed by atoms with van der Waals surface area (Å²) in [6.07, 6.45) is 8.41. The second-order valence-electron chi connectivity index (χ2n) is 2.56. The van der Waals surface area contributed by atoms with E-state index in [0.717, 1.165) is 19.3 Å². The molecule has 1 heteroatoms. The number of rotatable bonds is 6. The van der Waals surface area contributed by atoms with Gasteiger partial charge in [-0.2, -0.15) is 0 Å². The van der Waals surface area contributed by atoms with E-state index >= 15 is 0 Å². The number of hydrogen-bond acceptors (Lipinski definition) is 0. The molecule has 0 aromatic heterocycles. The van der Waals surface area contributed by atoms with Gasteiger partial charge in [0.1, 0.15) is 0 Å². The van der Waals surface area contributed by atoms with Crippen LogP contribution in [0.25, 0.3) is 0 Å². The average molecular weight is 175 g/mol. The number of hydrogen-bond donors (Lipinski definition) is 0. The zero-order chi connectivity index (χ0) is 9.40. The molecule has 0 saturated heterocycles. The lowest BCUT2D eigenvalue weighted by atomic mass is 10.1. The normalized spacial score (nSPS) is 8.75. The van der Waals surface area contributed by atoms with Gasteiger partial charge in [-0.25, -0.2) is 0 Å². The van der Waals surface area contributed by atoms with Crippen molar-refractivity contribution in [2.45, 2.75) is 19.3 Å². The summed E-state index contributed by atoms with van der Waals surface area (Å²) in [5.74, 6) is 0. The average Bonchev–Trinajstić information content (AvgIpc) is 2.04. The molecule has 0 atom stereocenters. The monoisotopic (exact) mass is 175 g/mol. The second-order valence-corrected chi connectivity index (χ2v) is 3.16. The third kappa shape index (κ3) is 4.14. The Bertz CT molecular complexity index is 187. The van der Waals surface area contributed by atoms with E-state index in [0.29, 0.717) is 0 Å². The highest BCUT2D eigenvalue weighted by atomic mass is 28.1. The molecule has 0 spiro atoms. The lowest BCUT2D eigenvalue weighted by Crippen LogP contribution is -1.89. The third-order valence-corrected chi connectivity index (χ3v) is 2.11. The van der Waals surface area contributed by atoms with Crippen LogP contribution in [0.1, 0.15) is 19.3 Å². The highest BCUT2D eigenvalue weighted by Crippen LogP contribution is 2.14. The first-order chi connectivity index (χ1) is 5.76. The SMILES string of the molecule is C=CCC([Si])=C(CC=C)CC=C. The largest absolute Gasteiger partial charge is 0.103 e. The summed E-state index contributed by atoms with van der Waals surface area (Å²) in [6, 6.07) is 0. The Morgan fingerprint density at radius 2 is 1.33 bits per heavy atom. The fourth-order valence-corrected chi connectivity index (χ4v) is 1.32. The van der Waals surface area contributed by atoms with Crippen molar-refractivity contribution >= 4 is 10.2 Å². The van der Waals surface area contributed by atoms with Crippen molar-refractivity contribution in [3.05, 3.63) is 48.7 Å². The van der Waals surface area contributed by atoms with E-state index in [9.17, 15) is 0 Å². The first kappa shape index (κ1) is 11.2. The Morgan fingerprint density at radius 3 is 1.67 bits per heavy atom. The minimum Gasteiger partial charge on any atom is -0.103 e. The summed E-state index contributed by atoms with van der Waals surface area (Å²) in [5, 5.41) is 1.20. The van der Waals surface area contributed by atoms with Crippen LogP contribution in [0.5, 0.6) is 0 Å². The summed E-state index contributed by atoms with van der Waals surface area (Å²) in [7, 11) is 3.57. The van der Waals surface area contributed by atoms with Gasteiger partial charge >= 0.3 is 0 Å². The minimum atomic E-state index is 0.883. The Kier molecular flexibility index (Phi) is 6.39. The van der Waals surface area contributed by atoms with E-state index in [1.165, 1.54) is 10.8 Å². The standard InChI is InChI=1S/C11H15Si/c1-4-7-10(8-5-2)11(12)9-6-3/h4-6H,1-3,7-9H2. The van der Waals surface area contributed by atoms with Crippen molar-refractivity contribution in [1.82, 2.24) is 0 Å². The van der Waals surface area contributed by atoms with E-state index in [4.69, 9.17) is 0 Å². The van der Waals surface area contributed by atoms with E-state index in [1.807, 2.05) is 18.2 Å². The quantitative estimate of drug-likeness (QED) is 0.430. The molecule has 0 amide bonds. The van der Waals surface area contributed by atoms with Crippen LogP contribution in [0.15, 0.2) is 48.7 Å². The summed E-state index contributed by atoms with van der Waals surface area (Å²) in [4.78, 5) is 0. The second kappa shape index (κ2) is 6.86. The van der Waals surface area contributed by atoms with Crippen LogP contribution in [0.2, 0.25) is 0 Å². The summed E-state index contributed by atoms with van der Waals surface area (Å²) < 4.78 is 0. The zero-order valence-electron chi connectivity index (χ0n) is 7.47. The summed E-state index contributed by atoms with van der Waals surface area (Å²) >= 11 is 0. The van der Waals surface area contributed by atoms with E-state index < -0.39 is 0 Å². The molecule has 0 aliphatic rings. The first-order valence-electron chi connectivity index (χ1n) is 4.01. The molecule has 12 heavy (non-hydrogen) atoms. The van der Waals surface area contributed by atoms with Gasteiger partial charge in [0.15, 0.2) is 0 Å². The summed E-state index contributed by atoms with van der Waals surface area (Å²) in [5.41, 5.74) is 1.33. The lowest BCUT2D eigenvalue weighted by molar-refractivity contribution is 1.07. The molecule has 0 aliphatic heterocycles. The van der Waals surface area contributed by atoms with Crippen LogP contribution in [0, 0.1) is 0 Å². The van der Waals surface area contributed by atoms with Gasteiger partial charge in [0.25, 0.3) is 0 Å². The van der Waals surface area contributed by atoms with Gasteiger partial charge < -0.3 is 0 Å². The molecule has 0 nitrogen and oxygen atoms in total. The molecule has 0 heterocycles. The van der Waals surface area contributed by atoms with Gasteiger partial charge in [-0.1, -0.05) is 29.0 Å². The molecular weight excluding hydrogens is 160 g/mol. The first-order valence-corrected chi connectivity index (χ1v) is 4.51. The molecular formula is C11H15Si. The summed E-state index contributed by atoms with van der Waals surface area (Å²) in [6.45, 7) is 11.1. The van der Waals surface area contributed by atoms with Crippen molar-refractivity contribution in [3.8, 4) is 0 Å². The van der Waals surface area contributed by atoms with Crippen molar-refractivity contribution in [2.24, 2.45) is 0 Å². The highest BCUT2D eigenvalue weighted by molar-refractivity contribution is 6.22. The molecule has 3 radical (unpaired) electrons. The molecule has 0 saturated carbocycles. The molecule has 0 aliphatic carbocycles. The van der Waals surface area contributed by atoms with Crippen LogP contribution in [-0.4, -0.2) is 10.2 Å². The van der Waals surface area contributed by atoms with Gasteiger partial charge in [0.05, 0.1) is 10.2 Å². The van der Waals surface area contributed by atoms with Crippen LogP contribution < -0.4 is 0 Å². The predicted octanol–water partition coefficient (Wildman–Crippen LogP) is 3.14. The van der Waals surface area contributed by atoms with Gasteiger partial charge in [0.2, 0.25) is 0 Å². The fraction of sp³-hybridized carbons (Fsp3) is 0.273. The molecule has 0 bridgehead atoms.